The summed E-state index contributed by atoms with van der Waals surface area (Å²) in [6, 6.07) is 12.4. The standard InChI is InChI=1S/C57H80ClN9O14/c1-35-14-13-17-45(78-10)57(77)31-44(79-55(76)61-57)37(3)53-56(5,81-53)46(30-49(72)64(9)43-28-39(26-35)27-36(2)52(43)58)80-54(75)38(4)63(8)48(71)19-20-65(22-24-68)51(74)34-66(23-25-69)50(73)32-60-47(70)18-21-67-41(33-62(7)59-6)29-40-15-11-12-16-42(40)67/h11-17,27-29,37-38,44-46,53,59,68-69,77H,18-26,30-34H2,1-10H3,(H,60,70)(H,61,76)/b17-13+,35-14+/t37-,38+,44+,45-,46+,53?,56+,57-/m1/s1. The zero-order chi connectivity index (χ0) is 59.5. The van der Waals surface area contributed by atoms with Crippen LogP contribution in [-0.2, 0) is 67.2 Å². The Labute approximate surface area is 478 Å². The number of epoxide rings is 1. The number of nitrogens with one attached hydrogen (secondary N) is 3. The van der Waals surface area contributed by atoms with Crippen molar-refractivity contribution >= 4 is 69.8 Å². The quantitative estimate of drug-likeness (QED) is 0.0508. The molecule has 3 aromatic rings. The molecular weight excluding hydrogens is 1070 g/mol. The van der Waals surface area contributed by atoms with Crippen molar-refractivity contribution in [2.75, 3.05) is 86.1 Å². The molecule has 2 aromatic carbocycles. The van der Waals surface area contributed by atoms with Crippen LogP contribution in [0.15, 0.2) is 66.3 Å². The van der Waals surface area contributed by atoms with E-state index in [-0.39, 0.29) is 38.9 Å². The molecule has 3 aliphatic rings. The Hall–Kier alpha value is -6.44. The van der Waals surface area contributed by atoms with Crippen molar-refractivity contribution in [1.82, 2.24) is 40.3 Å². The summed E-state index contributed by atoms with van der Waals surface area (Å²) >= 11 is 6.84. The lowest BCUT2D eigenvalue weighted by Crippen LogP contribution is -2.63. The van der Waals surface area contributed by atoms with E-state index in [0.29, 0.717) is 30.2 Å². The van der Waals surface area contributed by atoms with Gasteiger partial charge in [-0.05, 0) is 75.9 Å². The van der Waals surface area contributed by atoms with Gasteiger partial charge in [-0.3, -0.25) is 34.7 Å². The zero-order valence-corrected chi connectivity index (χ0v) is 48.8. The number of carbonyl (C=O) groups is 7. The molecule has 0 spiro atoms. The number of hydrazine groups is 1. The molecule has 4 bridgehead atoms. The first-order valence-electron chi connectivity index (χ1n) is 27.1. The summed E-state index contributed by atoms with van der Waals surface area (Å²) in [7, 11) is 8.06. The third kappa shape index (κ3) is 15.8. The van der Waals surface area contributed by atoms with E-state index in [4.69, 9.17) is 30.5 Å². The van der Waals surface area contributed by atoms with E-state index in [1.807, 2.05) is 73.9 Å². The molecule has 4 heterocycles. The van der Waals surface area contributed by atoms with Crippen molar-refractivity contribution < 1.29 is 67.8 Å². The lowest BCUT2D eigenvalue weighted by atomic mass is 9.83. The molecule has 81 heavy (non-hydrogen) atoms. The van der Waals surface area contributed by atoms with Crippen LogP contribution < -0.4 is 21.0 Å². The van der Waals surface area contributed by atoms with Gasteiger partial charge in [-0.15, -0.1) is 0 Å². The van der Waals surface area contributed by atoms with Gasteiger partial charge >= 0.3 is 12.1 Å². The van der Waals surface area contributed by atoms with Crippen LogP contribution in [0.5, 0.6) is 0 Å². The molecule has 3 aliphatic heterocycles. The number of likely N-dealkylation sites (N-methyl/N-ethyl adjacent to an activating group) is 1. The van der Waals surface area contributed by atoms with Gasteiger partial charge in [0.05, 0.1) is 56.1 Å². The average Bonchev–Trinajstić information content (AvgIpc) is 3.55. The van der Waals surface area contributed by atoms with E-state index in [1.165, 1.54) is 30.9 Å². The normalized spacial score (nSPS) is 24.5. The molecule has 6 rings (SSSR count). The molecule has 8 atom stereocenters. The van der Waals surface area contributed by atoms with Crippen molar-refractivity contribution in [2.45, 2.75) is 122 Å². The number of fused-ring (bicyclic) bond motifs is 6. The highest BCUT2D eigenvalue weighted by molar-refractivity contribution is 6.34. The number of carbonyl (C=O) groups excluding carboxylic acids is 7. The number of aryl methyl sites for hydroxylation is 2. The minimum Gasteiger partial charge on any atom is -0.457 e. The molecule has 0 saturated carbocycles. The van der Waals surface area contributed by atoms with Gasteiger partial charge < -0.3 is 63.8 Å². The number of benzene rings is 2. The predicted molar refractivity (Wildman–Crippen MR) is 301 cm³/mol. The van der Waals surface area contributed by atoms with Crippen LogP contribution in [0.3, 0.4) is 0 Å². The summed E-state index contributed by atoms with van der Waals surface area (Å²) in [5.41, 5.74) is 4.68. The number of amides is 6. The van der Waals surface area contributed by atoms with Crippen LogP contribution >= 0.6 is 11.6 Å². The van der Waals surface area contributed by atoms with E-state index in [9.17, 15) is 48.9 Å². The van der Waals surface area contributed by atoms with Crippen LogP contribution in [-0.4, -0.2) is 204 Å². The first kappa shape index (κ1) is 63.7. The number of hydrogen-bond donors (Lipinski definition) is 6. The number of nitrogens with zero attached hydrogens (tertiary/aromatic N) is 6. The minimum absolute atomic E-state index is 0.0542. The number of alkyl carbamates (subject to hydrolysis) is 1. The van der Waals surface area contributed by atoms with Crippen molar-refractivity contribution in [1.29, 1.82) is 0 Å². The Morgan fingerprint density at radius 2 is 1.69 bits per heavy atom. The van der Waals surface area contributed by atoms with Gasteiger partial charge in [0.1, 0.15) is 30.0 Å². The van der Waals surface area contributed by atoms with Crippen molar-refractivity contribution in [3.63, 3.8) is 0 Å². The zero-order valence-electron chi connectivity index (χ0n) is 48.0. The summed E-state index contributed by atoms with van der Waals surface area (Å²) in [4.78, 5) is 101. The summed E-state index contributed by atoms with van der Waals surface area (Å²) in [5, 5.41) is 40.1. The van der Waals surface area contributed by atoms with Crippen LogP contribution in [0, 0.1) is 12.8 Å². The number of esters is 1. The number of aromatic nitrogens is 1. The number of rotatable bonds is 21. The maximum Gasteiger partial charge on any atom is 0.409 e. The summed E-state index contributed by atoms with van der Waals surface area (Å²) in [5.74, 6) is -4.28. The number of ether oxygens (including phenoxy) is 4. The van der Waals surface area contributed by atoms with E-state index >= 15 is 0 Å². The van der Waals surface area contributed by atoms with Crippen LogP contribution in [0.2, 0.25) is 5.02 Å². The van der Waals surface area contributed by atoms with Gasteiger partial charge in [0.25, 0.3) is 0 Å². The average molecular weight is 1150 g/mol. The topological polar surface area (TPSA) is 278 Å². The number of methoxy groups -OCH3 is 1. The Morgan fingerprint density at radius 3 is 2.38 bits per heavy atom. The molecule has 444 valence electrons. The fourth-order valence-electron chi connectivity index (χ4n) is 10.4. The van der Waals surface area contributed by atoms with E-state index in [2.05, 4.69) is 22.1 Å². The van der Waals surface area contributed by atoms with Gasteiger partial charge in [0.2, 0.25) is 29.5 Å². The van der Waals surface area contributed by atoms with Crippen LogP contribution in [0.25, 0.3) is 10.9 Å². The largest absolute Gasteiger partial charge is 0.457 e. The monoisotopic (exact) mass is 1150 g/mol. The second-order valence-electron chi connectivity index (χ2n) is 21.4. The first-order chi connectivity index (χ1) is 38.4. The fraction of sp³-hybridized carbons (Fsp3) is 0.561. The number of anilines is 1. The Kier molecular flexibility index (Phi) is 22.1. The minimum atomic E-state index is -1.90. The summed E-state index contributed by atoms with van der Waals surface area (Å²) in [6.07, 6.45) is 0.0443. The van der Waals surface area contributed by atoms with Gasteiger partial charge in [-0.25, -0.2) is 14.6 Å². The van der Waals surface area contributed by atoms with Gasteiger partial charge in [0, 0.05) is 90.8 Å². The maximum absolute atomic E-state index is 14.4. The fourth-order valence-corrected chi connectivity index (χ4v) is 10.6. The number of halogens is 1. The molecular formula is C57H80ClN9O14. The molecule has 6 amide bonds. The summed E-state index contributed by atoms with van der Waals surface area (Å²) in [6.45, 7) is 6.87. The molecule has 0 radical (unpaired) electrons. The summed E-state index contributed by atoms with van der Waals surface area (Å²) < 4.78 is 25.9. The Balaban J connectivity index is 1.11. The molecule has 2 fully saturated rings. The van der Waals surface area contributed by atoms with E-state index in [0.717, 1.165) is 43.1 Å². The lowest BCUT2D eigenvalue weighted by Gasteiger charge is -2.42. The third-order valence-electron chi connectivity index (χ3n) is 15.6. The third-order valence-corrected chi connectivity index (χ3v) is 16.1. The number of aliphatic hydroxyl groups excluding tert-OH is 2. The highest BCUT2D eigenvalue weighted by Crippen LogP contribution is 2.49. The molecule has 1 aromatic heterocycles. The number of hydrogen-bond acceptors (Lipinski definition) is 16. The highest BCUT2D eigenvalue weighted by Gasteiger charge is 2.64. The first-order valence-corrected chi connectivity index (χ1v) is 27.5. The van der Waals surface area contributed by atoms with Crippen molar-refractivity contribution in [2.24, 2.45) is 5.92 Å². The molecule has 0 aliphatic carbocycles. The van der Waals surface area contributed by atoms with E-state index < -0.39 is 122 Å². The van der Waals surface area contributed by atoms with Crippen LogP contribution in [0.1, 0.15) is 70.2 Å². The number of allylic oxidation sites excluding steroid dienone is 3. The van der Waals surface area contributed by atoms with Crippen molar-refractivity contribution in [3.05, 3.63) is 88.1 Å². The van der Waals surface area contributed by atoms with E-state index in [1.54, 1.807) is 39.1 Å². The van der Waals surface area contributed by atoms with Crippen LogP contribution in [0.4, 0.5) is 10.5 Å². The molecule has 24 heteroatoms. The van der Waals surface area contributed by atoms with Crippen molar-refractivity contribution in [3.8, 4) is 0 Å². The number of para-hydroxylation sites is 1. The highest BCUT2D eigenvalue weighted by atomic mass is 35.5. The van der Waals surface area contributed by atoms with Gasteiger partial charge in [0.15, 0.2) is 5.72 Å². The molecule has 2 saturated heterocycles. The van der Waals surface area contributed by atoms with Gasteiger partial charge in [-0.1, -0.05) is 66.6 Å². The van der Waals surface area contributed by atoms with Gasteiger partial charge in [-0.2, -0.15) is 0 Å². The Bertz CT molecular complexity index is 2850. The smallest absolute Gasteiger partial charge is 0.409 e. The number of aliphatic hydroxyl groups is 3. The second kappa shape index (κ2) is 28.0. The molecule has 23 nitrogen and oxygen atoms in total. The lowest BCUT2D eigenvalue weighted by molar-refractivity contribution is -0.162. The Morgan fingerprint density at radius 1 is 0.988 bits per heavy atom. The second-order valence-corrected chi connectivity index (χ2v) is 21.7. The maximum atomic E-state index is 14.4. The predicted octanol–water partition coefficient (Wildman–Crippen LogP) is 2.57. The SMILES string of the molecule is CNN(C)Cc1cc2ccccc2n1CCC(=O)NCC(=O)N(CCO)CC(=O)N(CCO)CCC(=O)N(C)[C@@H](C)C(=O)O[C@H]1CC(=O)N(C)c2cc(cc(C)c2Cl)C/C(C)=C/C=C/[C@@H](OC)[C@]2(O)C[C@H](OC(=O)N2)[C@@H](C)C2O[C@]21C. The molecule has 1 unspecified atom stereocenters. The molecule has 6 N–H and O–H groups in total.